The third-order valence-corrected chi connectivity index (χ3v) is 2.54. The van der Waals surface area contributed by atoms with Crippen LogP contribution in [0.2, 0.25) is 0 Å². The summed E-state index contributed by atoms with van der Waals surface area (Å²) in [6.45, 7) is 2.69. The standard InChI is InChI=1S/C14H13FN2O/c1-2-17-10-12(9-16-17)14(18)8-5-11-3-6-13(15)7-4-11/h3-10H,2H2,1H3/b8-5+. The average Bonchev–Trinajstić information content (AvgIpc) is 2.86. The van der Waals surface area contributed by atoms with Gasteiger partial charge in [0.15, 0.2) is 5.78 Å². The third kappa shape index (κ3) is 2.91. The quantitative estimate of drug-likeness (QED) is 0.612. The number of ketones is 1. The molecule has 0 radical (unpaired) electrons. The Hall–Kier alpha value is -2.23. The van der Waals surface area contributed by atoms with Crippen LogP contribution in [0.5, 0.6) is 0 Å². The van der Waals surface area contributed by atoms with E-state index in [2.05, 4.69) is 5.10 Å². The summed E-state index contributed by atoms with van der Waals surface area (Å²) in [5.41, 5.74) is 1.34. The maximum Gasteiger partial charge on any atom is 0.189 e. The molecule has 1 aromatic heterocycles. The minimum absolute atomic E-state index is 0.112. The Labute approximate surface area is 105 Å². The number of benzene rings is 1. The fourth-order valence-electron chi connectivity index (χ4n) is 1.51. The summed E-state index contributed by atoms with van der Waals surface area (Å²) in [4.78, 5) is 11.8. The molecule has 92 valence electrons. The zero-order valence-corrected chi connectivity index (χ0v) is 10.0. The fraction of sp³-hybridized carbons (Fsp3) is 0.143. The summed E-state index contributed by atoms with van der Waals surface area (Å²) in [5.74, 6) is -0.401. The Bertz CT molecular complexity index is 570. The first-order valence-electron chi connectivity index (χ1n) is 5.69. The molecule has 0 atom stereocenters. The third-order valence-electron chi connectivity index (χ3n) is 2.54. The van der Waals surface area contributed by atoms with Gasteiger partial charge in [-0.05, 0) is 30.7 Å². The van der Waals surface area contributed by atoms with Crippen molar-refractivity contribution in [2.24, 2.45) is 0 Å². The summed E-state index contributed by atoms with van der Waals surface area (Å²) in [6, 6.07) is 5.96. The molecule has 4 heteroatoms. The predicted molar refractivity (Wildman–Crippen MR) is 67.7 cm³/mol. The minimum atomic E-state index is -0.289. The predicted octanol–water partition coefficient (Wildman–Crippen LogP) is 2.94. The molecule has 0 unspecified atom stereocenters. The van der Waals surface area contributed by atoms with Gasteiger partial charge in [0.2, 0.25) is 0 Å². The lowest BCUT2D eigenvalue weighted by atomic mass is 10.1. The normalized spacial score (nSPS) is 11.0. The lowest BCUT2D eigenvalue weighted by molar-refractivity contribution is 0.104. The smallest absolute Gasteiger partial charge is 0.189 e. The topological polar surface area (TPSA) is 34.9 Å². The van der Waals surface area contributed by atoms with E-state index in [1.807, 2.05) is 6.92 Å². The number of carbonyl (C=O) groups excluding carboxylic acids is 1. The van der Waals surface area contributed by atoms with Crippen LogP contribution in [0.1, 0.15) is 22.8 Å². The van der Waals surface area contributed by atoms with E-state index in [0.29, 0.717) is 5.56 Å². The van der Waals surface area contributed by atoms with Gasteiger partial charge in [-0.25, -0.2) is 4.39 Å². The Morgan fingerprint density at radius 2 is 2.11 bits per heavy atom. The van der Waals surface area contributed by atoms with E-state index in [1.165, 1.54) is 18.2 Å². The first-order chi connectivity index (χ1) is 8.69. The van der Waals surface area contributed by atoms with Crippen molar-refractivity contribution < 1.29 is 9.18 Å². The van der Waals surface area contributed by atoms with Gasteiger partial charge >= 0.3 is 0 Å². The SMILES string of the molecule is CCn1cc(C(=O)/C=C/c2ccc(F)cc2)cn1. The summed E-state index contributed by atoms with van der Waals surface area (Å²) >= 11 is 0. The van der Waals surface area contributed by atoms with Crippen LogP contribution in [0.3, 0.4) is 0 Å². The molecule has 1 aromatic carbocycles. The minimum Gasteiger partial charge on any atom is -0.289 e. The van der Waals surface area contributed by atoms with E-state index in [0.717, 1.165) is 12.1 Å². The van der Waals surface area contributed by atoms with Crippen LogP contribution in [-0.4, -0.2) is 15.6 Å². The van der Waals surface area contributed by atoms with Crippen molar-refractivity contribution in [3.8, 4) is 0 Å². The molecule has 2 aromatic rings. The molecule has 0 aliphatic carbocycles. The van der Waals surface area contributed by atoms with Crippen LogP contribution in [0, 0.1) is 5.82 Å². The molecule has 18 heavy (non-hydrogen) atoms. The number of nitrogens with zero attached hydrogens (tertiary/aromatic N) is 2. The monoisotopic (exact) mass is 244 g/mol. The Balaban J connectivity index is 2.09. The number of allylic oxidation sites excluding steroid dienone is 1. The number of rotatable bonds is 4. The molecule has 3 nitrogen and oxygen atoms in total. The summed E-state index contributed by atoms with van der Waals surface area (Å²) in [7, 11) is 0. The molecule has 0 saturated carbocycles. The molecular weight excluding hydrogens is 231 g/mol. The Kier molecular flexibility index (Phi) is 3.67. The van der Waals surface area contributed by atoms with Crippen LogP contribution < -0.4 is 0 Å². The molecule has 0 aliphatic rings. The van der Waals surface area contributed by atoms with Gasteiger partial charge in [0.05, 0.1) is 11.8 Å². The summed E-state index contributed by atoms with van der Waals surface area (Å²) in [6.07, 6.45) is 6.37. The maximum atomic E-state index is 12.7. The average molecular weight is 244 g/mol. The highest BCUT2D eigenvalue weighted by atomic mass is 19.1. The van der Waals surface area contributed by atoms with Crippen molar-refractivity contribution in [3.05, 3.63) is 59.7 Å². The molecule has 0 aliphatic heterocycles. The number of aromatic nitrogens is 2. The van der Waals surface area contributed by atoms with E-state index in [4.69, 9.17) is 0 Å². The number of hydrogen-bond donors (Lipinski definition) is 0. The van der Waals surface area contributed by atoms with E-state index in [1.54, 1.807) is 35.3 Å². The summed E-state index contributed by atoms with van der Waals surface area (Å²) in [5, 5.41) is 4.03. The van der Waals surface area contributed by atoms with Gasteiger partial charge < -0.3 is 0 Å². The highest BCUT2D eigenvalue weighted by Crippen LogP contribution is 2.07. The molecule has 0 N–H and O–H groups in total. The molecule has 0 saturated heterocycles. The van der Waals surface area contributed by atoms with Gasteiger partial charge in [-0.1, -0.05) is 18.2 Å². The van der Waals surface area contributed by atoms with E-state index in [9.17, 15) is 9.18 Å². The molecular formula is C14H13FN2O. The van der Waals surface area contributed by atoms with Crippen molar-refractivity contribution in [2.75, 3.05) is 0 Å². The molecule has 0 fully saturated rings. The lowest BCUT2D eigenvalue weighted by Gasteiger charge is -1.93. The molecule has 1 heterocycles. The van der Waals surface area contributed by atoms with Gasteiger partial charge in [-0.3, -0.25) is 9.48 Å². The Morgan fingerprint density at radius 3 is 2.72 bits per heavy atom. The number of aryl methyl sites for hydroxylation is 1. The second kappa shape index (κ2) is 5.40. The van der Waals surface area contributed by atoms with Gasteiger partial charge in [-0.2, -0.15) is 5.10 Å². The van der Waals surface area contributed by atoms with E-state index in [-0.39, 0.29) is 11.6 Å². The van der Waals surface area contributed by atoms with Gasteiger partial charge in [0.25, 0.3) is 0 Å². The van der Waals surface area contributed by atoms with Crippen LogP contribution in [0.15, 0.2) is 42.7 Å². The zero-order valence-electron chi connectivity index (χ0n) is 10.0. The lowest BCUT2D eigenvalue weighted by Crippen LogP contribution is -1.94. The largest absolute Gasteiger partial charge is 0.289 e. The van der Waals surface area contributed by atoms with Crippen LogP contribution in [0.25, 0.3) is 6.08 Å². The molecule has 0 spiro atoms. The molecule has 0 bridgehead atoms. The van der Waals surface area contributed by atoms with Crippen molar-refractivity contribution in [3.63, 3.8) is 0 Å². The van der Waals surface area contributed by atoms with E-state index >= 15 is 0 Å². The Morgan fingerprint density at radius 1 is 1.39 bits per heavy atom. The molecule has 2 rings (SSSR count). The van der Waals surface area contributed by atoms with Crippen LogP contribution in [0.4, 0.5) is 4.39 Å². The van der Waals surface area contributed by atoms with E-state index < -0.39 is 0 Å². The van der Waals surface area contributed by atoms with Crippen molar-refractivity contribution in [1.29, 1.82) is 0 Å². The maximum absolute atomic E-state index is 12.7. The van der Waals surface area contributed by atoms with Crippen LogP contribution in [-0.2, 0) is 6.54 Å². The fourth-order valence-corrected chi connectivity index (χ4v) is 1.51. The van der Waals surface area contributed by atoms with Crippen molar-refractivity contribution >= 4 is 11.9 Å². The zero-order chi connectivity index (χ0) is 13.0. The number of hydrogen-bond acceptors (Lipinski definition) is 2. The number of halogens is 1. The summed E-state index contributed by atoms with van der Waals surface area (Å²) < 4.78 is 14.4. The molecule has 0 amide bonds. The van der Waals surface area contributed by atoms with Crippen molar-refractivity contribution in [2.45, 2.75) is 13.5 Å². The van der Waals surface area contributed by atoms with Gasteiger partial charge in [0.1, 0.15) is 5.82 Å². The van der Waals surface area contributed by atoms with Gasteiger partial charge in [-0.15, -0.1) is 0 Å². The highest BCUT2D eigenvalue weighted by Gasteiger charge is 2.04. The first-order valence-corrected chi connectivity index (χ1v) is 5.69. The second-order valence-electron chi connectivity index (χ2n) is 3.83. The van der Waals surface area contributed by atoms with Crippen molar-refractivity contribution in [1.82, 2.24) is 9.78 Å². The highest BCUT2D eigenvalue weighted by molar-refractivity contribution is 6.06. The second-order valence-corrected chi connectivity index (χ2v) is 3.83. The van der Waals surface area contributed by atoms with Crippen LogP contribution >= 0.6 is 0 Å². The number of carbonyl (C=O) groups is 1. The van der Waals surface area contributed by atoms with Gasteiger partial charge in [0, 0.05) is 12.7 Å². The first kappa shape index (κ1) is 12.2.